The molecule has 0 aromatic rings. The number of rotatable bonds is 4. The SMILES string of the molecule is CC(=O)C(CC1CCCCC1)C1CCCCC1. The lowest BCUT2D eigenvalue weighted by atomic mass is 9.72. The van der Waals surface area contributed by atoms with Gasteiger partial charge in [0.1, 0.15) is 5.78 Å². The van der Waals surface area contributed by atoms with Crippen LogP contribution in [0.2, 0.25) is 0 Å². The summed E-state index contributed by atoms with van der Waals surface area (Å²) < 4.78 is 0. The van der Waals surface area contributed by atoms with Gasteiger partial charge in [0.25, 0.3) is 0 Å². The van der Waals surface area contributed by atoms with Crippen LogP contribution in [0.4, 0.5) is 0 Å². The van der Waals surface area contributed by atoms with E-state index in [4.69, 9.17) is 0 Å². The van der Waals surface area contributed by atoms with E-state index < -0.39 is 0 Å². The van der Waals surface area contributed by atoms with Gasteiger partial charge in [0.15, 0.2) is 0 Å². The number of carbonyl (C=O) groups excluding carboxylic acids is 1. The summed E-state index contributed by atoms with van der Waals surface area (Å²) in [6.45, 7) is 1.84. The van der Waals surface area contributed by atoms with Crippen LogP contribution in [0.5, 0.6) is 0 Å². The molecule has 2 rings (SSSR count). The predicted octanol–water partition coefficient (Wildman–Crippen LogP) is 4.74. The fourth-order valence-corrected chi connectivity index (χ4v) is 4.01. The Morgan fingerprint density at radius 2 is 1.47 bits per heavy atom. The number of hydrogen-bond donors (Lipinski definition) is 0. The largest absolute Gasteiger partial charge is 0.300 e. The lowest BCUT2D eigenvalue weighted by molar-refractivity contribution is -0.123. The Hall–Kier alpha value is -0.330. The van der Waals surface area contributed by atoms with Crippen molar-refractivity contribution in [3.05, 3.63) is 0 Å². The van der Waals surface area contributed by atoms with Crippen molar-refractivity contribution in [1.82, 2.24) is 0 Å². The fraction of sp³-hybridized carbons (Fsp3) is 0.938. The van der Waals surface area contributed by atoms with E-state index in [0.29, 0.717) is 11.7 Å². The number of carbonyl (C=O) groups is 1. The first kappa shape index (κ1) is 13.1. The maximum absolute atomic E-state index is 11.9. The summed E-state index contributed by atoms with van der Waals surface area (Å²) in [5, 5.41) is 0. The van der Waals surface area contributed by atoms with Gasteiger partial charge < -0.3 is 0 Å². The van der Waals surface area contributed by atoms with Crippen molar-refractivity contribution in [2.75, 3.05) is 0 Å². The summed E-state index contributed by atoms with van der Waals surface area (Å²) in [4.78, 5) is 11.9. The Morgan fingerprint density at radius 1 is 0.941 bits per heavy atom. The fourth-order valence-electron chi connectivity index (χ4n) is 4.01. The minimum atomic E-state index is 0.401. The van der Waals surface area contributed by atoms with Crippen molar-refractivity contribution in [2.24, 2.45) is 17.8 Å². The molecule has 0 saturated heterocycles. The first-order valence-electron chi connectivity index (χ1n) is 7.78. The predicted molar refractivity (Wildman–Crippen MR) is 71.9 cm³/mol. The molecule has 2 saturated carbocycles. The highest BCUT2D eigenvalue weighted by Gasteiger charge is 2.29. The van der Waals surface area contributed by atoms with Crippen LogP contribution >= 0.6 is 0 Å². The van der Waals surface area contributed by atoms with Crippen LogP contribution in [0.3, 0.4) is 0 Å². The third-order valence-electron chi connectivity index (χ3n) is 5.05. The van der Waals surface area contributed by atoms with Gasteiger partial charge in [-0.25, -0.2) is 0 Å². The number of ketones is 1. The summed E-state index contributed by atoms with van der Waals surface area (Å²) in [5.41, 5.74) is 0. The van der Waals surface area contributed by atoms with Crippen LogP contribution in [0.15, 0.2) is 0 Å². The topological polar surface area (TPSA) is 17.1 Å². The third kappa shape index (κ3) is 3.82. The quantitative estimate of drug-likeness (QED) is 0.689. The molecule has 2 aliphatic carbocycles. The van der Waals surface area contributed by atoms with Crippen LogP contribution in [0, 0.1) is 17.8 Å². The molecule has 0 N–H and O–H groups in total. The molecule has 0 aromatic heterocycles. The van der Waals surface area contributed by atoms with Gasteiger partial charge in [-0.15, -0.1) is 0 Å². The molecular weight excluding hydrogens is 208 g/mol. The van der Waals surface area contributed by atoms with Gasteiger partial charge in [-0.1, -0.05) is 51.4 Å². The molecule has 2 aliphatic rings. The average molecular weight is 236 g/mol. The standard InChI is InChI=1S/C16H28O/c1-13(17)16(15-10-6-3-7-11-15)12-14-8-4-2-5-9-14/h14-16H,2-12H2,1H3. The maximum Gasteiger partial charge on any atom is 0.133 e. The Kier molecular flexibility index (Phi) is 5.06. The lowest BCUT2D eigenvalue weighted by Crippen LogP contribution is -2.27. The normalized spacial score (nSPS) is 25.7. The molecule has 0 amide bonds. The van der Waals surface area contributed by atoms with Gasteiger partial charge in [0.2, 0.25) is 0 Å². The Morgan fingerprint density at radius 3 is 2.00 bits per heavy atom. The van der Waals surface area contributed by atoms with E-state index in [1.807, 2.05) is 6.92 Å². The number of hydrogen-bond acceptors (Lipinski definition) is 1. The molecule has 17 heavy (non-hydrogen) atoms. The van der Waals surface area contributed by atoms with Crippen molar-refractivity contribution in [3.63, 3.8) is 0 Å². The second-order valence-corrected chi connectivity index (χ2v) is 6.35. The zero-order chi connectivity index (χ0) is 12.1. The van der Waals surface area contributed by atoms with Crippen molar-refractivity contribution >= 4 is 5.78 Å². The molecule has 0 heterocycles. The van der Waals surface area contributed by atoms with Crippen molar-refractivity contribution < 1.29 is 4.79 Å². The maximum atomic E-state index is 11.9. The van der Waals surface area contributed by atoms with E-state index in [1.165, 1.54) is 70.6 Å². The lowest BCUT2D eigenvalue weighted by Gasteiger charge is -2.32. The molecule has 0 aromatic carbocycles. The van der Waals surface area contributed by atoms with E-state index in [0.717, 1.165) is 11.8 Å². The van der Waals surface area contributed by atoms with E-state index in [9.17, 15) is 4.79 Å². The van der Waals surface area contributed by atoms with Crippen LogP contribution in [0.25, 0.3) is 0 Å². The molecule has 0 bridgehead atoms. The molecule has 2 fully saturated rings. The highest BCUT2D eigenvalue weighted by molar-refractivity contribution is 5.78. The average Bonchev–Trinajstić information content (AvgIpc) is 2.38. The van der Waals surface area contributed by atoms with E-state index in [1.54, 1.807) is 0 Å². The Bertz CT molecular complexity index is 234. The highest BCUT2D eigenvalue weighted by atomic mass is 16.1. The second kappa shape index (κ2) is 6.56. The highest BCUT2D eigenvalue weighted by Crippen LogP contribution is 2.37. The smallest absolute Gasteiger partial charge is 0.133 e. The molecule has 0 spiro atoms. The molecule has 1 nitrogen and oxygen atoms in total. The minimum absolute atomic E-state index is 0.401. The Labute approximate surface area is 106 Å². The van der Waals surface area contributed by atoms with Crippen molar-refractivity contribution in [2.45, 2.75) is 77.6 Å². The molecule has 1 heteroatoms. The molecule has 1 atom stereocenters. The summed E-state index contributed by atoms with van der Waals surface area (Å²) in [5.74, 6) is 2.46. The van der Waals surface area contributed by atoms with Crippen LogP contribution < -0.4 is 0 Å². The van der Waals surface area contributed by atoms with E-state index in [-0.39, 0.29) is 0 Å². The van der Waals surface area contributed by atoms with Gasteiger partial charge in [-0.05, 0) is 38.0 Å². The van der Waals surface area contributed by atoms with Gasteiger partial charge >= 0.3 is 0 Å². The minimum Gasteiger partial charge on any atom is -0.300 e. The van der Waals surface area contributed by atoms with E-state index >= 15 is 0 Å². The van der Waals surface area contributed by atoms with Crippen LogP contribution in [0.1, 0.15) is 77.6 Å². The third-order valence-corrected chi connectivity index (χ3v) is 5.05. The first-order valence-corrected chi connectivity index (χ1v) is 7.78. The van der Waals surface area contributed by atoms with E-state index in [2.05, 4.69) is 0 Å². The van der Waals surface area contributed by atoms with Gasteiger partial charge in [0, 0.05) is 5.92 Å². The summed E-state index contributed by atoms with van der Waals surface area (Å²) in [6, 6.07) is 0. The molecule has 0 radical (unpaired) electrons. The second-order valence-electron chi connectivity index (χ2n) is 6.35. The van der Waals surface area contributed by atoms with Crippen molar-refractivity contribution in [1.29, 1.82) is 0 Å². The zero-order valence-electron chi connectivity index (χ0n) is 11.4. The molecular formula is C16H28O. The summed E-state index contributed by atoms with van der Waals surface area (Å²) in [6.07, 6.45) is 15.0. The Balaban J connectivity index is 1.88. The zero-order valence-corrected chi connectivity index (χ0v) is 11.4. The molecule has 0 aliphatic heterocycles. The van der Waals surface area contributed by atoms with Crippen molar-refractivity contribution in [3.8, 4) is 0 Å². The number of Topliss-reactive ketones (excluding diaryl/α,β-unsaturated/α-hetero) is 1. The van der Waals surface area contributed by atoms with Crippen LogP contribution in [-0.4, -0.2) is 5.78 Å². The first-order chi connectivity index (χ1) is 8.27. The monoisotopic (exact) mass is 236 g/mol. The van der Waals surface area contributed by atoms with Gasteiger partial charge in [0.05, 0.1) is 0 Å². The summed E-state index contributed by atoms with van der Waals surface area (Å²) in [7, 11) is 0. The van der Waals surface area contributed by atoms with Gasteiger partial charge in [-0.2, -0.15) is 0 Å². The van der Waals surface area contributed by atoms with Gasteiger partial charge in [-0.3, -0.25) is 4.79 Å². The molecule has 1 unspecified atom stereocenters. The summed E-state index contributed by atoms with van der Waals surface area (Å²) >= 11 is 0. The molecule has 98 valence electrons. The van der Waals surface area contributed by atoms with Crippen LogP contribution in [-0.2, 0) is 4.79 Å².